The number of carbonyl (C=O) groups excluding carboxylic acids is 3. The molecule has 0 aromatic heterocycles. The number of imide groups is 1. The highest BCUT2D eigenvalue weighted by molar-refractivity contribution is 6.21. The van der Waals surface area contributed by atoms with Crippen LogP contribution in [0.3, 0.4) is 0 Å². The van der Waals surface area contributed by atoms with Crippen molar-refractivity contribution in [2.75, 3.05) is 13.1 Å². The summed E-state index contributed by atoms with van der Waals surface area (Å²) in [6, 6.07) is 12.6. The summed E-state index contributed by atoms with van der Waals surface area (Å²) in [6.07, 6.45) is 1.90. The highest BCUT2D eigenvalue weighted by Crippen LogP contribution is 2.30. The van der Waals surface area contributed by atoms with Gasteiger partial charge >= 0.3 is 0 Å². The monoisotopic (exact) mass is 390 g/mol. The Labute approximate surface area is 171 Å². The van der Waals surface area contributed by atoms with Crippen molar-refractivity contribution >= 4 is 17.7 Å². The lowest BCUT2D eigenvalue weighted by Crippen LogP contribution is -2.54. The van der Waals surface area contributed by atoms with E-state index in [1.165, 1.54) is 4.90 Å². The summed E-state index contributed by atoms with van der Waals surface area (Å²) >= 11 is 0. The molecule has 2 aliphatic rings. The normalized spacial score (nSPS) is 21.5. The minimum absolute atomic E-state index is 0.0145. The summed E-state index contributed by atoms with van der Waals surface area (Å²) in [7, 11) is 0. The van der Waals surface area contributed by atoms with Gasteiger partial charge < -0.3 is 4.90 Å². The predicted molar refractivity (Wildman–Crippen MR) is 111 cm³/mol. The zero-order chi connectivity index (χ0) is 20.7. The molecule has 0 saturated carbocycles. The Morgan fingerprint density at radius 1 is 1.03 bits per heavy atom. The van der Waals surface area contributed by atoms with Gasteiger partial charge in [0.1, 0.15) is 0 Å². The Hall–Kier alpha value is -2.95. The molecular formula is C24H26N2O3. The van der Waals surface area contributed by atoms with E-state index in [4.69, 9.17) is 0 Å². The fraction of sp³-hybridized carbons (Fsp3) is 0.375. The summed E-state index contributed by atoms with van der Waals surface area (Å²) in [4.78, 5) is 42.3. The van der Waals surface area contributed by atoms with Gasteiger partial charge in [-0.25, -0.2) is 0 Å². The fourth-order valence-corrected chi connectivity index (χ4v) is 4.49. The quantitative estimate of drug-likeness (QED) is 0.748. The molecule has 0 bridgehead atoms. The molecule has 29 heavy (non-hydrogen) atoms. The lowest BCUT2D eigenvalue weighted by Gasteiger charge is -2.41. The highest BCUT2D eigenvalue weighted by Gasteiger charge is 2.41. The SMILES string of the molecule is Cc1ccc(C)c(C(=O)N2CCCC(C)[C@H]2CN2C(=O)c3ccccc3C2=O)c1. The van der Waals surface area contributed by atoms with Gasteiger partial charge in [-0.15, -0.1) is 0 Å². The molecule has 3 amide bonds. The second kappa shape index (κ2) is 7.47. The number of carbonyl (C=O) groups is 3. The van der Waals surface area contributed by atoms with Crippen molar-refractivity contribution in [3.05, 3.63) is 70.3 Å². The highest BCUT2D eigenvalue weighted by atomic mass is 16.2. The lowest BCUT2D eigenvalue weighted by atomic mass is 9.89. The number of piperidine rings is 1. The molecule has 0 radical (unpaired) electrons. The van der Waals surface area contributed by atoms with E-state index in [9.17, 15) is 14.4 Å². The Kier molecular flexibility index (Phi) is 4.99. The molecule has 150 valence electrons. The maximum Gasteiger partial charge on any atom is 0.261 e. The van der Waals surface area contributed by atoms with Crippen LogP contribution in [-0.2, 0) is 0 Å². The summed E-state index contributed by atoms with van der Waals surface area (Å²) in [6.45, 7) is 6.91. The second-order valence-electron chi connectivity index (χ2n) is 8.27. The van der Waals surface area contributed by atoms with E-state index in [1.54, 1.807) is 24.3 Å². The zero-order valence-corrected chi connectivity index (χ0v) is 17.1. The van der Waals surface area contributed by atoms with Crippen molar-refractivity contribution in [2.24, 2.45) is 5.92 Å². The topological polar surface area (TPSA) is 57.7 Å². The van der Waals surface area contributed by atoms with E-state index < -0.39 is 0 Å². The fourth-order valence-electron chi connectivity index (χ4n) is 4.49. The number of benzene rings is 2. The maximum absolute atomic E-state index is 13.4. The van der Waals surface area contributed by atoms with Gasteiger partial charge in [0.2, 0.25) is 0 Å². The molecule has 2 atom stereocenters. The molecule has 1 unspecified atom stereocenters. The molecule has 5 nitrogen and oxygen atoms in total. The van der Waals surface area contributed by atoms with E-state index in [2.05, 4.69) is 6.92 Å². The first kappa shape index (κ1) is 19.4. The number of fused-ring (bicyclic) bond motifs is 1. The first-order chi connectivity index (χ1) is 13.9. The average Bonchev–Trinajstić information content (AvgIpc) is 2.96. The third kappa shape index (κ3) is 3.35. The summed E-state index contributed by atoms with van der Waals surface area (Å²) in [5.74, 6) is -0.327. The Morgan fingerprint density at radius 3 is 2.34 bits per heavy atom. The zero-order valence-electron chi connectivity index (χ0n) is 17.1. The van der Waals surface area contributed by atoms with Crippen molar-refractivity contribution in [3.8, 4) is 0 Å². The molecule has 1 saturated heterocycles. The molecule has 5 heteroatoms. The van der Waals surface area contributed by atoms with Gasteiger partial charge in [-0.1, -0.05) is 36.8 Å². The first-order valence-corrected chi connectivity index (χ1v) is 10.2. The van der Waals surface area contributed by atoms with Crippen LogP contribution in [0.25, 0.3) is 0 Å². The number of amides is 3. The number of nitrogens with zero attached hydrogens (tertiary/aromatic N) is 2. The first-order valence-electron chi connectivity index (χ1n) is 10.2. The Bertz CT molecular complexity index is 962. The molecule has 2 aromatic carbocycles. The predicted octanol–water partition coefficient (Wildman–Crippen LogP) is 3.84. The Morgan fingerprint density at radius 2 is 1.69 bits per heavy atom. The smallest absolute Gasteiger partial charge is 0.261 e. The van der Waals surface area contributed by atoms with Crippen LogP contribution < -0.4 is 0 Å². The van der Waals surface area contributed by atoms with Crippen LogP contribution in [0, 0.1) is 19.8 Å². The van der Waals surface area contributed by atoms with Gasteiger partial charge in [0, 0.05) is 12.1 Å². The second-order valence-corrected chi connectivity index (χ2v) is 8.27. The summed E-state index contributed by atoms with van der Waals surface area (Å²) < 4.78 is 0. The van der Waals surface area contributed by atoms with E-state index in [1.807, 2.05) is 36.9 Å². The maximum atomic E-state index is 13.4. The average molecular weight is 390 g/mol. The van der Waals surface area contributed by atoms with Crippen LogP contribution in [0.5, 0.6) is 0 Å². The number of likely N-dealkylation sites (tertiary alicyclic amines) is 1. The molecule has 2 aliphatic heterocycles. The lowest BCUT2D eigenvalue weighted by molar-refractivity contribution is 0.0368. The third-order valence-corrected chi connectivity index (χ3v) is 6.25. The van der Waals surface area contributed by atoms with Crippen molar-refractivity contribution in [1.29, 1.82) is 0 Å². The van der Waals surface area contributed by atoms with Gasteiger partial charge in [0.25, 0.3) is 17.7 Å². The molecule has 1 fully saturated rings. The van der Waals surface area contributed by atoms with E-state index in [0.29, 0.717) is 23.2 Å². The number of aryl methyl sites for hydroxylation is 2. The van der Waals surface area contributed by atoms with Crippen molar-refractivity contribution in [1.82, 2.24) is 9.80 Å². The molecule has 0 spiro atoms. The van der Waals surface area contributed by atoms with Crippen LogP contribution in [0.15, 0.2) is 42.5 Å². The molecule has 0 aliphatic carbocycles. The number of hydrogen-bond donors (Lipinski definition) is 0. The summed E-state index contributed by atoms with van der Waals surface area (Å²) in [5.41, 5.74) is 3.59. The van der Waals surface area contributed by atoms with E-state index >= 15 is 0 Å². The van der Waals surface area contributed by atoms with Gasteiger partial charge in [-0.3, -0.25) is 19.3 Å². The standard InChI is InChI=1S/C24H26N2O3/c1-15-10-11-16(2)20(13-15)24(29)25-12-6-7-17(3)21(25)14-26-22(27)18-8-4-5-9-19(18)23(26)28/h4-5,8-11,13,17,21H,6-7,12,14H2,1-3H3/t17?,21-/m1/s1. The van der Waals surface area contributed by atoms with Crippen LogP contribution in [0.4, 0.5) is 0 Å². The molecule has 2 heterocycles. The molecule has 0 N–H and O–H groups in total. The number of hydrogen-bond acceptors (Lipinski definition) is 3. The Balaban J connectivity index is 1.63. The van der Waals surface area contributed by atoms with Crippen molar-refractivity contribution < 1.29 is 14.4 Å². The number of rotatable bonds is 3. The summed E-state index contributed by atoms with van der Waals surface area (Å²) in [5, 5.41) is 0. The molecular weight excluding hydrogens is 364 g/mol. The van der Waals surface area contributed by atoms with E-state index in [0.717, 1.165) is 24.0 Å². The largest absolute Gasteiger partial charge is 0.334 e. The van der Waals surface area contributed by atoms with Crippen LogP contribution in [-0.4, -0.2) is 46.7 Å². The van der Waals surface area contributed by atoms with E-state index in [-0.39, 0.29) is 36.2 Å². The van der Waals surface area contributed by atoms with Crippen molar-refractivity contribution in [2.45, 2.75) is 39.7 Å². The minimum Gasteiger partial charge on any atom is -0.334 e. The third-order valence-electron chi connectivity index (χ3n) is 6.25. The van der Waals surface area contributed by atoms with Gasteiger partial charge in [0.15, 0.2) is 0 Å². The van der Waals surface area contributed by atoms with Gasteiger partial charge in [0.05, 0.1) is 23.7 Å². The van der Waals surface area contributed by atoms with Gasteiger partial charge in [-0.05, 0) is 56.4 Å². The van der Waals surface area contributed by atoms with Crippen LogP contribution in [0.2, 0.25) is 0 Å². The van der Waals surface area contributed by atoms with Crippen LogP contribution in [0.1, 0.15) is 62.0 Å². The van der Waals surface area contributed by atoms with Crippen molar-refractivity contribution in [3.63, 3.8) is 0 Å². The van der Waals surface area contributed by atoms with Gasteiger partial charge in [-0.2, -0.15) is 0 Å². The van der Waals surface area contributed by atoms with Crippen LogP contribution >= 0.6 is 0 Å². The molecule has 2 aromatic rings. The molecule has 4 rings (SSSR count). The minimum atomic E-state index is -0.262.